The van der Waals surface area contributed by atoms with Gasteiger partial charge < -0.3 is 14.6 Å². The van der Waals surface area contributed by atoms with E-state index in [9.17, 15) is 5.11 Å². The molecule has 2 aliphatic heterocycles. The van der Waals surface area contributed by atoms with Gasteiger partial charge in [-0.2, -0.15) is 0 Å². The molecule has 1 saturated heterocycles. The fraction of sp³-hybridized carbons (Fsp3) is 0.625. The molecule has 1 aromatic carbocycles. The Labute approximate surface area is 119 Å². The van der Waals surface area contributed by atoms with Crippen molar-refractivity contribution in [2.45, 2.75) is 50.3 Å². The zero-order valence-corrected chi connectivity index (χ0v) is 11.6. The lowest BCUT2D eigenvalue weighted by Gasteiger charge is -2.42. The Morgan fingerprint density at radius 2 is 1.75 bits per heavy atom. The summed E-state index contributed by atoms with van der Waals surface area (Å²) in [5.74, 6) is -0.432. The molecule has 108 valence electrons. The fourth-order valence-electron chi connectivity index (χ4n) is 3.84. The van der Waals surface area contributed by atoms with Crippen molar-refractivity contribution in [3.8, 4) is 0 Å². The molecule has 1 N–H and O–H groups in total. The third kappa shape index (κ3) is 2.07. The average Bonchev–Trinajstić information content (AvgIpc) is 3.09. The maximum Gasteiger partial charge on any atom is 0.170 e. The first-order chi connectivity index (χ1) is 9.76. The van der Waals surface area contributed by atoms with Crippen molar-refractivity contribution in [2.75, 3.05) is 13.2 Å². The largest absolute Gasteiger partial charge is 0.391 e. The number of aliphatic hydroxyl groups excluding tert-OH is 1. The number of rotatable bonds is 1. The van der Waals surface area contributed by atoms with Crippen LogP contribution in [0.5, 0.6) is 0 Å². The van der Waals surface area contributed by atoms with Crippen LogP contribution in [-0.2, 0) is 22.6 Å². The van der Waals surface area contributed by atoms with Gasteiger partial charge in [-0.15, -0.1) is 0 Å². The molecule has 2 heterocycles. The van der Waals surface area contributed by atoms with Crippen LogP contribution in [-0.4, -0.2) is 41.2 Å². The van der Waals surface area contributed by atoms with Crippen molar-refractivity contribution in [1.29, 1.82) is 0 Å². The highest BCUT2D eigenvalue weighted by molar-refractivity contribution is 5.30. The second-order valence-electron chi connectivity index (χ2n) is 6.16. The van der Waals surface area contributed by atoms with E-state index in [0.717, 1.165) is 32.4 Å². The maximum atomic E-state index is 10.4. The second kappa shape index (κ2) is 4.81. The zero-order chi connectivity index (χ0) is 13.6. The summed E-state index contributed by atoms with van der Waals surface area (Å²) in [6.07, 6.45) is 2.08. The van der Waals surface area contributed by atoms with E-state index >= 15 is 0 Å². The first-order valence-electron chi connectivity index (χ1n) is 7.53. The molecule has 1 saturated carbocycles. The molecule has 2 unspecified atom stereocenters. The summed E-state index contributed by atoms with van der Waals surface area (Å²) in [4.78, 5) is 2.38. The van der Waals surface area contributed by atoms with E-state index in [4.69, 9.17) is 9.47 Å². The van der Waals surface area contributed by atoms with E-state index in [1.165, 1.54) is 11.1 Å². The Balaban J connectivity index is 1.53. The summed E-state index contributed by atoms with van der Waals surface area (Å²) in [6.45, 7) is 3.22. The lowest BCUT2D eigenvalue weighted by Crippen LogP contribution is -2.51. The van der Waals surface area contributed by atoms with Gasteiger partial charge in [0.15, 0.2) is 5.79 Å². The monoisotopic (exact) mass is 275 g/mol. The maximum absolute atomic E-state index is 10.4. The van der Waals surface area contributed by atoms with Crippen LogP contribution in [0, 0.1) is 0 Å². The van der Waals surface area contributed by atoms with Gasteiger partial charge in [-0.1, -0.05) is 24.3 Å². The molecular formula is C16H21NO3. The number of hydrogen-bond donors (Lipinski definition) is 1. The fourth-order valence-corrected chi connectivity index (χ4v) is 3.84. The van der Waals surface area contributed by atoms with Gasteiger partial charge in [0, 0.05) is 32.0 Å². The van der Waals surface area contributed by atoms with Gasteiger partial charge >= 0.3 is 0 Å². The lowest BCUT2D eigenvalue weighted by molar-refractivity contribution is -0.205. The molecule has 0 bridgehead atoms. The average molecular weight is 275 g/mol. The SMILES string of the molecule is OC1CCC2(CC1N1Cc3ccccc3C1)OCCO2. The quantitative estimate of drug-likeness (QED) is 0.846. The summed E-state index contributed by atoms with van der Waals surface area (Å²) in [6, 6.07) is 8.68. The van der Waals surface area contributed by atoms with Crippen molar-refractivity contribution in [2.24, 2.45) is 0 Å². The van der Waals surface area contributed by atoms with E-state index in [2.05, 4.69) is 29.2 Å². The first kappa shape index (κ1) is 12.8. The molecule has 4 rings (SSSR count). The van der Waals surface area contributed by atoms with E-state index in [1.54, 1.807) is 0 Å². The van der Waals surface area contributed by atoms with Crippen molar-refractivity contribution >= 4 is 0 Å². The van der Waals surface area contributed by atoms with Gasteiger partial charge in [0.25, 0.3) is 0 Å². The molecule has 1 aliphatic carbocycles. The highest BCUT2D eigenvalue weighted by Gasteiger charge is 2.47. The second-order valence-corrected chi connectivity index (χ2v) is 6.16. The minimum atomic E-state index is -0.432. The van der Waals surface area contributed by atoms with E-state index < -0.39 is 5.79 Å². The number of benzene rings is 1. The summed E-state index contributed by atoms with van der Waals surface area (Å²) < 4.78 is 11.7. The lowest BCUT2D eigenvalue weighted by atomic mass is 9.86. The van der Waals surface area contributed by atoms with E-state index in [-0.39, 0.29) is 12.1 Å². The molecule has 1 spiro atoms. The third-order valence-corrected chi connectivity index (χ3v) is 4.93. The normalized spacial score (nSPS) is 32.6. The molecule has 2 fully saturated rings. The Morgan fingerprint density at radius 1 is 1.10 bits per heavy atom. The van der Waals surface area contributed by atoms with Crippen LogP contribution in [0.25, 0.3) is 0 Å². The third-order valence-electron chi connectivity index (χ3n) is 4.93. The molecular weight excluding hydrogens is 254 g/mol. The van der Waals surface area contributed by atoms with Gasteiger partial charge in [-0.3, -0.25) is 4.90 Å². The minimum absolute atomic E-state index is 0.134. The van der Waals surface area contributed by atoms with E-state index in [0.29, 0.717) is 13.2 Å². The molecule has 1 aromatic rings. The van der Waals surface area contributed by atoms with Crippen molar-refractivity contribution in [3.05, 3.63) is 35.4 Å². The van der Waals surface area contributed by atoms with Crippen LogP contribution in [0.3, 0.4) is 0 Å². The Hall–Kier alpha value is -0.940. The highest BCUT2D eigenvalue weighted by atomic mass is 16.7. The Kier molecular flexibility index (Phi) is 3.07. The number of hydrogen-bond acceptors (Lipinski definition) is 4. The number of aliphatic hydroxyl groups is 1. The number of ether oxygens (including phenoxy) is 2. The molecule has 3 aliphatic rings. The summed E-state index contributed by atoms with van der Waals surface area (Å²) in [5.41, 5.74) is 2.76. The van der Waals surface area contributed by atoms with Gasteiger partial charge in [0.2, 0.25) is 0 Å². The van der Waals surface area contributed by atoms with Gasteiger partial charge in [0.1, 0.15) is 0 Å². The summed E-state index contributed by atoms with van der Waals surface area (Å²) in [5, 5.41) is 10.4. The van der Waals surface area contributed by atoms with Crippen LogP contribution >= 0.6 is 0 Å². The molecule has 0 aromatic heterocycles. The number of fused-ring (bicyclic) bond motifs is 1. The molecule has 0 radical (unpaired) electrons. The van der Waals surface area contributed by atoms with Crippen molar-refractivity contribution in [1.82, 2.24) is 4.90 Å². The van der Waals surface area contributed by atoms with Gasteiger partial charge in [-0.25, -0.2) is 0 Å². The number of nitrogens with zero attached hydrogens (tertiary/aromatic N) is 1. The van der Waals surface area contributed by atoms with Gasteiger partial charge in [-0.05, 0) is 17.5 Å². The molecule has 4 heteroatoms. The standard InChI is InChI=1S/C16H21NO3/c18-15-5-6-16(19-7-8-20-16)9-14(15)17-10-12-3-1-2-4-13(12)11-17/h1-4,14-15,18H,5-11H2. The smallest absolute Gasteiger partial charge is 0.170 e. The predicted molar refractivity (Wildman–Crippen MR) is 74.0 cm³/mol. The Bertz CT molecular complexity index is 473. The summed E-state index contributed by atoms with van der Waals surface area (Å²) >= 11 is 0. The topological polar surface area (TPSA) is 41.9 Å². The predicted octanol–water partition coefficient (Wildman–Crippen LogP) is 1.66. The van der Waals surface area contributed by atoms with Crippen LogP contribution < -0.4 is 0 Å². The minimum Gasteiger partial charge on any atom is -0.391 e. The van der Waals surface area contributed by atoms with Crippen molar-refractivity contribution < 1.29 is 14.6 Å². The summed E-state index contributed by atoms with van der Waals surface area (Å²) in [7, 11) is 0. The van der Waals surface area contributed by atoms with Crippen LogP contribution in [0.2, 0.25) is 0 Å². The van der Waals surface area contributed by atoms with E-state index in [1.807, 2.05) is 0 Å². The molecule has 0 amide bonds. The van der Waals surface area contributed by atoms with Crippen LogP contribution in [0.4, 0.5) is 0 Å². The zero-order valence-electron chi connectivity index (χ0n) is 11.6. The first-order valence-corrected chi connectivity index (χ1v) is 7.53. The van der Waals surface area contributed by atoms with Crippen molar-refractivity contribution in [3.63, 3.8) is 0 Å². The molecule has 2 atom stereocenters. The molecule has 20 heavy (non-hydrogen) atoms. The van der Waals surface area contributed by atoms with Crippen LogP contribution in [0.1, 0.15) is 30.4 Å². The molecule has 4 nitrogen and oxygen atoms in total. The van der Waals surface area contributed by atoms with Gasteiger partial charge in [0.05, 0.1) is 19.3 Å². The highest BCUT2D eigenvalue weighted by Crippen LogP contribution is 2.40. The van der Waals surface area contributed by atoms with Crippen LogP contribution in [0.15, 0.2) is 24.3 Å². The Morgan fingerprint density at radius 3 is 2.40 bits per heavy atom.